The molecule has 0 N–H and O–H groups in total. The molecule has 1 aliphatic heterocycles. The summed E-state index contributed by atoms with van der Waals surface area (Å²) >= 11 is 0. The standard InChI is InChI=1S/C22H28N2O4/c1-22(2,3)28-21(26)23-13-7-9-17(15-23)16-24(18-10-5-4-6-11-18)20(25)19-12-8-14-27-19/h4-6,8,10-12,14,17H,7,9,13,15-16H2,1-3H3/t17-/m1/s1. The van der Waals surface area contributed by atoms with Gasteiger partial charge in [0.1, 0.15) is 5.60 Å². The van der Waals surface area contributed by atoms with Crippen LogP contribution in [0.25, 0.3) is 0 Å². The number of amides is 2. The number of carbonyl (C=O) groups excluding carboxylic acids is 2. The maximum atomic E-state index is 13.0. The van der Waals surface area contributed by atoms with Crippen molar-refractivity contribution in [1.82, 2.24) is 4.90 Å². The molecule has 150 valence electrons. The molecule has 1 aromatic carbocycles. The molecule has 1 atom stereocenters. The third-order valence-corrected chi connectivity index (χ3v) is 4.66. The van der Waals surface area contributed by atoms with Gasteiger partial charge in [-0.25, -0.2) is 4.79 Å². The van der Waals surface area contributed by atoms with Crippen molar-refractivity contribution in [3.8, 4) is 0 Å². The monoisotopic (exact) mass is 384 g/mol. The van der Waals surface area contributed by atoms with Gasteiger partial charge in [0.15, 0.2) is 5.76 Å². The fraction of sp³-hybridized carbons (Fsp3) is 0.455. The van der Waals surface area contributed by atoms with Crippen molar-refractivity contribution in [2.45, 2.75) is 39.2 Å². The molecule has 1 saturated heterocycles. The third kappa shape index (κ3) is 5.15. The number of ether oxygens (including phenoxy) is 1. The van der Waals surface area contributed by atoms with Crippen LogP contribution in [0.2, 0.25) is 0 Å². The molecule has 0 aliphatic carbocycles. The zero-order valence-corrected chi connectivity index (χ0v) is 16.8. The third-order valence-electron chi connectivity index (χ3n) is 4.66. The van der Waals surface area contributed by atoms with Crippen LogP contribution in [0.3, 0.4) is 0 Å². The van der Waals surface area contributed by atoms with Gasteiger partial charge in [-0.05, 0) is 63.8 Å². The summed E-state index contributed by atoms with van der Waals surface area (Å²) < 4.78 is 10.8. The van der Waals surface area contributed by atoms with E-state index in [1.165, 1.54) is 6.26 Å². The molecule has 0 bridgehead atoms. The molecule has 28 heavy (non-hydrogen) atoms. The van der Waals surface area contributed by atoms with Crippen molar-refractivity contribution >= 4 is 17.7 Å². The Balaban J connectivity index is 1.73. The largest absolute Gasteiger partial charge is 0.459 e. The zero-order valence-electron chi connectivity index (χ0n) is 16.8. The topological polar surface area (TPSA) is 63.0 Å². The van der Waals surface area contributed by atoms with Gasteiger partial charge in [0.05, 0.1) is 6.26 Å². The average molecular weight is 384 g/mol. The normalized spacial score (nSPS) is 17.2. The van der Waals surface area contributed by atoms with Gasteiger partial charge in [0.2, 0.25) is 0 Å². The molecule has 0 saturated carbocycles. The van der Waals surface area contributed by atoms with Crippen LogP contribution in [0.15, 0.2) is 53.1 Å². The molecule has 1 aliphatic rings. The van der Waals surface area contributed by atoms with Crippen LogP contribution in [0, 0.1) is 5.92 Å². The maximum absolute atomic E-state index is 13.0. The van der Waals surface area contributed by atoms with E-state index in [2.05, 4.69) is 0 Å². The van der Waals surface area contributed by atoms with Crippen LogP contribution in [0.1, 0.15) is 44.2 Å². The molecule has 6 heteroatoms. The number of benzene rings is 1. The number of hydrogen-bond donors (Lipinski definition) is 0. The van der Waals surface area contributed by atoms with E-state index in [4.69, 9.17) is 9.15 Å². The van der Waals surface area contributed by atoms with Crippen LogP contribution in [-0.4, -0.2) is 42.1 Å². The lowest BCUT2D eigenvalue weighted by Gasteiger charge is -2.36. The lowest BCUT2D eigenvalue weighted by Crippen LogP contribution is -2.46. The second-order valence-electron chi connectivity index (χ2n) is 8.16. The highest BCUT2D eigenvalue weighted by Crippen LogP contribution is 2.24. The number of hydrogen-bond acceptors (Lipinski definition) is 4. The fourth-order valence-electron chi connectivity index (χ4n) is 3.41. The SMILES string of the molecule is CC(C)(C)OC(=O)N1CCC[C@@H](CN(C(=O)c2ccco2)c2ccccc2)C1. The Labute approximate surface area is 166 Å². The van der Waals surface area contributed by atoms with Crippen molar-refractivity contribution in [3.05, 3.63) is 54.5 Å². The molecule has 3 rings (SSSR count). The van der Waals surface area contributed by atoms with Gasteiger partial charge < -0.3 is 19.0 Å². The first-order valence-electron chi connectivity index (χ1n) is 9.72. The molecule has 0 unspecified atom stereocenters. The van der Waals surface area contributed by atoms with Crippen LogP contribution in [0.4, 0.5) is 10.5 Å². The van der Waals surface area contributed by atoms with E-state index >= 15 is 0 Å². The Hall–Kier alpha value is -2.76. The lowest BCUT2D eigenvalue weighted by molar-refractivity contribution is 0.0170. The van der Waals surface area contributed by atoms with E-state index in [1.807, 2.05) is 51.1 Å². The molecule has 1 aromatic heterocycles. The van der Waals surface area contributed by atoms with Gasteiger partial charge in [-0.1, -0.05) is 18.2 Å². The summed E-state index contributed by atoms with van der Waals surface area (Å²) in [6.07, 6.45) is 3.05. The minimum atomic E-state index is -0.518. The lowest BCUT2D eigenvalue weighted by atomic mass is 9.97. The summed E-state index contributed by atoms with van der Waals surface area (Å²) in [4.78, 5) is 28.9. The summed E-state index contributed by atoms with van der Waals surface area (Å²) in [5.41, 5.74) is 0.299. The average Bonchev–Trinajstić information content (AvgIpc) is 3.20. The second-order valence-corrected chi connectivity index (χ2v) is 8.16. The van der Waals surface area contributed by atoms with E-state index in [-0.39, 0.29) is 17.9 Å². The number of para-hydroxylation sites is 1. The predicted molar refractivity (Wildman–Crippen MR) is 107 cm³/mol. The highest BCUT2D eigenvalue weighted by molar-refractivity contribution is 6.04. The molecule has 6 nitrogen and oxygen atoms in total. The van der Waals surface area contributed by atoms with Crippen LogP contribution in [0.5, 0.6) is 0 Å². The van der Waals surface area contributed by atoms with Gasteiger partial charge >= 0.3 is 6.09 Å². The molecule has 2 heterocycles. The van der Waals surface area contributed by atoms with E-state index in [0.717, 1.165) is 18.5 Å². The second kappa shape index (κ2) is 8.50. The molecule has 0 spiro atoms. The highest BCUT2D eigenvalue weighted by atomic mass is 16.6. The summed E-state index contributed by atoms with van der Waals surface area (Å²) in [6.45, 7) is 7.37. The molecule has 1 fully saturated rings. The van der Waals surface area contributed by atoms with Gasteiger partial charge in [0.25, 0.3) is 5.91 Å². The quantitative estimate of drug-likeness (QED) is 0.774. The first-order chi connectivity index (χ1) is 13.3. The Morgan fingerprint density at radius 2 is 1.93 bits per heavy atom. The summed E-state index contributed by atoms with van der Waals surface area (Å²) in [6, 6.07) is 12.9. The Kier molecular flexibility index (Phi) is 6.07. The Morgan fingerprint density at radius 1 is 1.18 bits per heavy atom. The van der Waals surface area contributed by atoms with Crippen LogP contribution >= 0.6 is 0 Å². The highest BCUT2D eigenvalue weighted by Gasteiger charge is 2.30. The van der Waals surface area contributed by atoms with Crippen molar-refractivity contribution in [2.75, 3.05) is 24.5 Å². The number of piperidine rings is 1. The predicted octanol–water partition coefficient (Wildman–Crippen LogP) is 4.57. The number of furan rings is 1. The Morgan fingerprint density at radius 3 is 2.57 bits per heavy atom. The number of carbonyl (C=O) groups is 2. The molecular formula is C22H28N2O4. The van der Waals surface area contributed by atoms with Gasteiger partial charge in [-0.15, -0.1) is 0 Å². The van der Waals surface area contributed by atoms with E-state index in [1.54, 1.807) is 21.9 Å². The summed E-state index contributed by atoms with van der Waals surface area (Å²) in [7, 11) is 0. The molecule has 2 amide bonds. The number of anilines is 1. The first-order valence-corrected chi connectivity index (χ1v) is 9.72. The zero-order chi connectivity index (χ0) is 20.1. The van der Waals surface area contributed by atoms with E-state index in [9.17, 15) is 9.59 Å². The number of rotatable bonds is 4. The van der Waals surface area contributed by atoms with Gasteiger partial charge in [-0.2, -0.15) is 0 Å². The molecule has 2 aromatic rings. The molecular weight excluding hydrogens is 356 g/mol. The maximum Gasteiger partial charge on any atom is 0.410 e. The van der Waals surface area contributed by atoms with Gasteiger partial charge in [0, 0.05) is 25.3 Å². The van der Waals surface area contributed by atoms with Gasteiger partial charge in [-0.3, -0.25) is 4.79 Å². The van der Waals surface area contributed by atoms with Crippen LogP contribution < -0.4 is 4.90 Å². The first kappa shape index (κ1) is 20.0. The number of likely N-dealkylation sites (tertiary alicyclic amines) is 1. The van der Waals surface area contributed by atoms with Crippen molar-refractivity contribution in [3.63, 3.8) is 0 Å². The smallest absolute Gasteiger partial charge is 0.410 e. The summed E-state index contributed by atoms with van der Waals surface area (Å²) in [5, 5.41) is 0. The van der Waals surface area contributed by atoms with Crippen molar-refractivity contribution in [2.24, 2.45) is 5.92 Å². The summed E-state index contributed by atoms with van der Waals surface area (Å²) in [5.74, 6) is 0.301. The Bertz CT molecular complexity index is 781. The molecule has 0 radical (unpaired) electrons. The minimum absolute atomic E-state index is 0.167. The van der Waals surface area contributed by atoms with E-state index < -0.39 is 5.60 Å². The van der Waals surface area contributed by atoms with Crippen molar-refractivity contribution in [1.29, 1.82) is 0 Å². The number of nitrogens with zero attached hydrogens (tertiary/aromatic N) is 2. The van der Waals surface area contributed by atoms with Crippen molar-refractivity contribution < 1.29 is 18.7 Å². The van der Waals surface area contributed by atoms with E-state index in [0.29, 0.717) is 25.4 Å². The minimum Gasteiger partial charge on any atom is -0.459 e. The van der Waals surface area contributed by atoms with Crippen LogP contribution in [-0.2, 0) is 4.74 Å². The fourth-order valence-corrected chi connectivity index (χ4v) is 3.41.